The maximum absolute atomic E-state index is 5.84. The lowest BCUT2D eigenvalue weighted by Gasteiger charge is -2.14. The van der Waals surface area contributed by atoms with E-state index in [1.807, 2.05) is 72.8 Å². The first-order valence-corrected chi connectivity index (χ1v) is 9.10. The lowest BCUT2D eigenvalue weighted by atomic mass is 10.3. The number of hydrogen-bond donors (Lipinski definition) is 0. The van der Waals surface area contributed by atoms with Gasteiger partial charge in [0.1, 0.15) is 49.3 Å². The van der Waals surface area contributed by atoms with E-state index in [1.165, 1.54) is 0 Å². The summed E-state index contributed by atoms with van der Waals surface area (Å²) in [4.78, 5) is 0. The Bertz CT molecular complexity index is 882. The third-order valence-electron chi connectivity index (χ3n) is 4.04. The number of rotatable bonds is 0. The van der Waals surface area contributed by atoms with E-state index in [0.717, 1.165) is 0 Å². The van der Waals surface area contributed by atoms with Crippen LogP contribution in [0.1, 0.15) is 0 Å². The van der Waals surface area contributed by atoms with Crippen molar-refractivity contribution in [1.82, 2.24) is 0 Å². The lowest BCUT2D eigenvalue weighted by molar-refractivity contribution is 0.192. The number of para-hydroxylation sites is 4. The number of benzene rings is 3. The zero-order chi connectivity index (χ0) is 19.0. The van der Waals surface area contributed by atoms with Crippen LogP contribution in [0.5, 0.6) is 23.0 Å². The Kier molecular flexibility index (Phi) is 5.68. The van der Waals surface area contributed by atoms with Crippen LogP contribution in [0, 0.1) is 0 Å². The van der Waals surface area contributed by atoms with Crippen LogP contribution in [0.3, 0.4) is 0 Å². The van der Waals surface area contributed by atoms with E-state index in [2.05, 4.69) is 10.2 Å². The van der Waals surface area contributed by atoms with Crippen molar-refractivity contribution in [3.05, 3.63) is 72.8 Å². The van der Waals surface area contributed by atoms with Gasteiger partial charge in [-0.3, -0.25) is 0 Å². The van der Waals surface area contributed by atoms with Gasteiger partial charge >= 0.3 is 0 Å². The van der Waals surface area contributed by atoms with Gasteiger partial charge in [-0.1, -0.05) is 36.4 Å². The van der Waals surface area contributed by atoms with Crippen LogP contribution in [0.15, 0.2) is 83.0 Å². The van der Waals surface area contributed by atoms with Crippen LogP contribution in [-0.2, 0) is 0 Å². The summed E-state index contributed by atoms with van der Waals surface area (Å²) in [7, 11) is 0. The quantitative estimate of drug-likeness (QED) is 0.532. The Morgan fingerprint density at radius 2 is 0.750 bits per heavy atom. The number of fused-ring (bicyclic) bond motifs is 3. The molecule has 1 aliphatic rings. The van der Waals surface area contributed by atoms with Crippen molar-refractivity contribution in [3.63, 3.8) is 0 Å². The number of azo groups is 1. The summed E-state index contributed by atoms with van der Waals surface area (Å²) in [6.45, 7) is 1.51. The first kappa shape index (κ1) is 17.9. The van der Waals surface area contributed by atoms with Crippen molar-refractivity contribution in [2.45, 2.75) is 0 Å². The van der Waals surface area contributed by atoms with E-state index < -0.39 is 0 Å². The highest BCUT2D eigenvalue weighted by atomic mass is 16.6. The van der Waals surface area contributed by atoms with Gasteiger partial charge in [-0.15, -0.1) is 10.2 Å². The molecule has 0 atom stereocenters. The molecule has 0 amide bonds. The van der Waals surface area contributed by atoms with Crippen LogP contribution in [0.25, 0.3) is 0 Å². The molecule has 0 N–H and O–H groups in total. The minimum absolute atomic E-state index is 0.376. The summed E-state index contributed by atoms with van der Waals surface area (Å²) in [5.74, 6) is 2.63. The highest BCUT2D eigenvalue weighted by Gasteiger charge is 2.08. The maximum atomic E-state index is 5.84. The molecule has 4 rings (SSSR count). The Labute approximate surface area is 163 Å². The standard InChI is InChI=1S/C22H20N2O4/c1-3-9-19-17(7-1)23-24-18-8-2-4-10-20(18)26-14-16-28-22-12-6-5-11-21(22)27-15-13-25-19/h1-12H,13-16H2. The van der Waals surface area contributed by atoms with Gasteiger partial charge in [0.25, 0.3) is 0 Å². The van der Waals surface area contributed by atoms with Crippen molar-refractivity contribution in [2.24, 2.45) is 10.2 Å². The molecular formula is C22H20N2O4. The maximum Gasteiger partial charge on any atom is 0.161 e. The van der Waals surface area contributed by atoms with Gasteiger partial charge in [0.05, 0.1) is 0 Å². The van der Waals surface area contributed by atoms with Gasteiger partial charge in [0.2, 0.25) is 0 Å². The van der Waals surface area contributed by atoms with E-state index in [1.54, 1.807) is 0 Å². The highest BCUT2D eigenvalue weighted by Crippen LogP contribution is 2.33. The van der Waals surface area contributed by atoms with E-state index in [9.17, 15) is 0 Å². The normalized spacial score (nSPS) is 14.1. The van der Waals surface area contributed by atoms with Gasteiger partial charge < -0.3 is 18.9 Å². The topological polar surface area (TPSA) is 61.6 Å². The van der Waals surface area contributed by atoms with Gasteiger partial charge in [0, 0.05) is 0 Å². The first-order valence-electron chi connectivity index (χ1n) is 9.10. The molecule has 0 spiro atoms. The fourth-order valence-corrected chi connectivity index (χ4v) is 2.73. The zero-order valence-corrected chi connectivity index (χ0v) is 15.3. The molecule has 6 heteroatoms. The van der Waals surface area contributed by atoms with Crippen LogP contribution >= 0.6 is 0 Å². The minimum Gasteiger partial charge on any atom is -0.488 e. The van der Waals surface area contributed by atoms with E-state index in [4.69, 9.17) is 18.9 Å². The summed E-state index contributed by atoms with van der Waals surface area (Å²) >= 11 is 0. The van der Waals surface area contributed by atoms with E-state index in [0.29, 0.717) is 60.8 Å². The Hall–Kier alpha value is -3.54. The zero-order valence-electron chi connectivity index (χ0n) is 15.3. The van der Waals surface area contributed by atoms with E-state index >= 15 is 0 Å². The molecule has 3 aromatic carbocycles. The number of hydrogen-bond acceptors (Lipinski definition) is 6. The Morgan fingerprint density at radius 3 is 1.18 bits per heavy atom. The second kappa shape index (κ2) is 8.90. The van der Waals surface area contributed by atoms with Gasteiger partial charge in [0.15, 0.2) is 11.5 Å². The average molecular weight is 376 g/mol. The molecule has 0 aromatic heterocycles. The van der Waals surface area contributed by atoms with Gasteiger partial charge in [-0.05, 0) is 36.4 Å². The molecular weight excluding hydrogens is 356 g/mol. The molecule has 0 fully saturated rings. The fourth-order valence-electron chi connectivity index (χ4n) is 2.73. The molecule has 0 saturated heterocycles. The van der Waals surface area contributed by atoms with Crippen molar-refractivity contribution in [3.8, 4) is 23.0 Å². The lowest BCUT2D eigenvalue weighted by Crippen LogP contribution is -2.12. The summed E-state index contributed by atoms with van der Waals surface area (Å²) < 4.78 is 23.3. The molecule has 142 valence electrons. The molecule has 28 heavy (non-hydrogen) atoms. The molecule has 0 radical (unpaired) electrons. The van der Waals surface area contributed by atoms with Crippen LogP contribution < -0.4 is 18.9 Å². The summed E-state index contributed by atoms with van der Waals surface area (Å²) in [5, 5.41) is 8.68. The second-order valence-electron chi connectivity index (χ2n) is 5.98. The molecule has 0 unspecified atom stereocenters. The minimum atomic E-state index is 0.376. The van der Waals surface area contributed by atoms with Crippen LogP contribution in [0.4, 0.5) is 11.4 Å². The molecule has 1 aliphatic heterocycles. The van der Waals surface area contributed by atoms with Crippen molar-refractivity contribution in [2.75, 3.05) is 26.4 Å². The molecule has 3 aromatic rings. The molecule has 6 nitrogen and oxygen atoms in total. The SMILES string of the molecule is c1ccc2c(c1)N=Nc1ccccc1OCCOc1ccccc1OCCO2. The summed E-state index contributed by atoms with van der Waals surface area (Å²) in [6.07, 6.45) is 0. The van der Waals surface area contributed by atoms with Crippen molar-refractivity contribution < 1.29 is 18.9 Å². The molecule has 0 saturated carbocycles. The predicted molar refractivity (Wildman–Crippen MR) is 105 cm³/mol. The third kappa shape index (κ3) is 4.40. The second-order valence-corrected chi connectivity index (χ2v) is 5.98. The molecule has 0 bridgehead atoms. The van der Waals surface area contributed by atoms with Gasteiger partial charge in [-0.25, -0.2) is 0 Å². The summed E-state index contributed by atoms with van der Waals surface area (Å²) in [6, 6.07) is 22.6. The van der Waals surface area contributed by atoms with Crippen molar-refractivity contribution >= 4 is 11.4 Å². The van der Waals surface area contributed by atoms with Crippen LogP contribution in [-0.4, -0.2) is 26.4 Å². The number of nitrogens with zero attached hydrogens (tertiary/aromatic N) is 2. The Morgan fingerprint density at radius 1 is 0.429 bits per heavy atom. The van der Waals surface area contributed by atoms with E-state index in [-0.39, 0.29) is 0 Å². The first-order chi connectivity index (χ1) is 13.9. The van der Waals surface area contributed by atoms with Crippen molar-refractivity contribution in [1.29, 1.82) is 0 Å². The number of ether oxygens (including phenoxy) is 4. The summed E-state index contributed by atoms with van der Waals surface area (Å²) in [5.41, 5.74) is 1.29. The fraction of sp³-hybridized carbons (Fsp3) is 0.182. The smallest absolute Gasteiger partial charge is 0.161 e. The largest absolute Gasteiger partial charge is 0.488 e. The van der Waals surface area contributed by atoms with Gasteiger partial charge in [-0.2, -0.15) is 0 Å². The average Bonchev–Trinajstić information content (AvgIpc) is 2.74. The third-order valence-corrected chi connectivity index (χ3v) is 4.04. The highest BCUT2D eigenvalue weighted by molar-refractivity contribution is 5.54. The monoisotopic (exact) mass is 376 g/mol. The Balaban J connectivity index is 1.62. The van der Waals surface area contributed by atoms with Crippen LogP contribution in [0.2, 0.25) is 0 Å². The molecule has 0 aliphatic carbocycles. The molecule has 1 heterocycles. The predicted octanol–water partition coefficient (Wildman–Crippen LogP) is 5.33.